The van der Waals surface area contributed by atoms with Gasteiger partial charge >= 0.3 is 6.29 Å². The lowest BCUT2D eigenvalue weighted by Crippen LogP contribution is -2.25. The first-order valence-electron chi connectivity index (χ1n) is 8.22. The first-order chi connectivity index (χ1) is 13.7. The Morgan fingerprint density at radius 2 is 1.69 bits per heavy atom. The van der Waals surface area contributed by atoms with Crippen molar-refractivity contribution >= 4 is 11.7 Å². The molecule has 2 heterocycles. The smallest absolute Gasteiger partial charge is 0.395 e. The molecule has 0 saturated heterocycles. The number of nitrogens with zero attached hydrogens (tertiary/aromatic N) is 2. The van der Waals surface area contributed by atoms with Crippen LogP contribution in [0.25, 0.3) is 11.3 Å². The van der Waals surface area contributed by atoms with E-state index in [0.717, 1.165) is 18.2 Å². The number of aryl methyl sites for hydroxylation is 1. The number of carbonyl (C=O) groups is 1. The van der Waals surface area contributed by atoms with Gasteiger partial charge in [-0.2, -0.15) is 0 Å². The number of carbonyl (C=O) groups excluding carboxylic acids is 1. The van der Waals surface area contributed by atoms with E-state index in [4.69, 9.17) is 0 Å². The fourth-order valence-electron chi connectivity index (χ4n) is 2.80. The number of alkyl halides is 2. The zero-order chi connectivity index (χ0) is 20.8. The highest BCUT2D eigenvalue weighted by molar-refractivity contribution is 6.04. The summed E-state index contributed by atoms with van der Waals surface area (Å²) in [6, 6.07) is 5.77. The fraction of sp³-hybridized carbons (Fsp3) is 0.105. The lowest BCUT2D eigenvalue weighted by atomic mass is 10.1. The second-order valence-electron chi connectivity index (χ2n) is 6.12. The summed E-state index contributed by atoms with van der Waals surface area (Å²) < 4.78 is 62.6. The summed E-state index contributed by atoms with van der Waals surface area (Å²) >= 11 is 0. The summed E-state index contributed by atoms with van der Waals surface area (Å²) in [6.45, 7) is 1.66. The molecule has 1 aliphatic heterocycles. The maximum Gasteiger partial charge on any atom is 0.586 e. The van der Waals surface area contributed by atoms with E-state index in [1.807, 2.05) is 0 Å². The van der Waals surface area contributed by atoms with Gasteiger partial charge in [0.25, 0.3) is 5.91 Å². The lowest BCUT2D eigenvalue weighted by molar-refractivity contribution is -0.286. The van der Waals surface area contributed by atoms with Crippen LogP contribution in [0.3, 0.4) is 0 Å². The van der Waals surface area contributed by atoms with E-state index >= 15 is 0 Å². The van der Waals surface area contributed by atoms with Gasteiger partial charge in [0.05, 0.1) is 18.1 Å². The average Bonchev–Trinajstić information content (AvgIpc) is 2.94. The highest BCUT2D eigenvalue weighted by atomic mass is 19.3. The number of fused-ring (bicyclic) bond motifs is 1. The highest BCUT2D eigenvalue weighted by Gasteiger charge is 2.43. The predicted octanol–water partition coefficient (Wildman–Crippen LogP) is 4.30. The Morgan fingerprint density at radius 3 is 2.31 bits per heavy atom. The van der Waals surface area contributed by atoms with Crippen molar-refractivity contribution in [1.29, 1.82) is 0 Å². The molecular formula is C19H11F4N3O3. The third-order valence-electron chi connectivity index (χ3n) is 4.11. The molecule has 1 N–H and O–H groups in total. The Morgan fingerprint density at radius 1 is 1.03 bits per heavy atom. The lowest BCUT2D eigenvalue weighted by Gasteiger charge is -2.09. The SMILES string of the molecule is Cc1cc2c(cc1-c1cnc(NC(=O)c3c(F)cccc3F)cn1)OC(F)(F)O2. The fourth-order valence-corrected chi connectivity index (χ4v) is 2.80. The molecule has 0 aliphatic carbocycles. The van der Waals surface area contributed by atoms with E-state index in [-0.39, 0.29) is 17.3 Å². The van der Waals surface area contributed by atoms with Crippen molar-refractivity contribution < 1.29 is 31.8 Å². The zero-order valence-electron chi connectivity index (χ0n) is 14.7. The third-order valence-corrected chi connectivity index (χ3v) is 4.11. The molecule has 0 atom stereocenters. The predicted molar refractivity (Wildman–Crippen MR) is 92.7 cm³/mol. The number of halogens is 4. The van der Waals surface area contributed by atoms with E-state index < -0.39 is 29.4 Å². The van der Waals surface area contributed by atoms with E-state index in [1.165, 1.54) is 24.5 Å². The van der Waals surface area contributed by atoms with Gasteiger partial charge in [-0.25, -0.2) is 13.8 Å². The largest absolute Gasteiger partial charge is 0.586 e. The molecule has 0 unspecified atom stereocenters. The standard InChI is InChI=1S/C19H11F4N3O3/c1-9-5-14-15(29-19(22,23)28-14)6-10(9)13-7-25-16(8-24-13)26-18(27)17-11(20)3-2-4-12(17)21/h2-8H,1H3,(H,25,26,27). The molecule has 4 rings (SSSR count). The third kappa shape index (κ3) is 3.56. The van der Waals surface area contributed by atoms with Gasteiger partial charge in [-0.05, 0) is 36.8 Å². The minimum atomic E-state index is -3.74. The molecule has 0 radical (unpaired) electrons. The van der Waals surface area contributed by atoms with Gasteiger partial charge < -0.3 is 14.8 Å². The summed E-state index contributed by atoms with van der Waals surface area (Å²) in [5, 5.41) is 2.25. The summed E-state index contributed by atoms with van der Waals surface area (Å²) in [5.74, 6) is -3.35. The van der Waals surface area contributed by atoms with Crippen LogP contribution in [0.4, 0.5) is 23.4 Å². The van der Waals surface area contributed by atoms with Crippen molar-refractivity contribution in [3.63, 3.8) is 0 Å². The number of anilines is 1. The monoisotopic (exact) mass is 405 g/mol. The van der Waals surface area contributed by atoms with E-state index in [2.05, 4.69) is 24.8 Å². The summed E-state index contributed by atoms with van der Waals surface area (Å²) in [5.41, 5.74) is 0.588. The molecule has 29 heavy (non-hydrogen) atoms. The van der Waals surface area contributed by atoms with E-state index in [0.29, 0.717) is 16.8 Å². The zero-order valence-corrected chi connectivity index (χ0v) is 14.7. The van der Waals surface area contributed by atoms with Gasteiger partial charge in [-0.15, -0.1) is 8.78 Å². The Kier molecular flexibility index (Phi) is 4.33. The number of amides is 1. The van der Waals surface area contributed by atoms with Crippen molar-refractivity contribution in [1.82, 2.24) is 9.97 Å². The number of nitrogens with one attached hydrogen (secondary N) is 1. The number of hydrogen-bond donors (Lipinski definition) is 1. The number of ether oxygens (including phenoxy) is 2. The molecule has 0 fully saturated rings. The molecule has 1 amide bonds. The molecule has 1 aromatic heterocycles. The molecule has 6 nitrogen and oxygen atoms in total. The first-order valence-corrected chi connectivity index (χ1v) is 8.22. The van der Waals surface area contributed by atoms with Gasteiger partial charge in [0, 0.05) is 5.56 Å². The van der Waals surface area contributed by atoms with Gasteiger partial charge in [0.2, 0.25) is 0 Å². The summed E-state index contributed by atoms with van der Waals surface area (Å²) in [4.78, 5) is 20.2. The molecule has 1 aliphatic rings. The number of benzene rings is 2. The van der Waals surface area contributed by atoms with Crippen LogP contribution >= 0.6 is 0 Å². The Bertz CT molecular complexity index is 1100. The molecule has 0 spiro atoms. The van der Waals surface area contributed by atoms with E-state index in [1.54, 1.807) is 6.92 Å². The quantitative estimate of drug-likeness (QED) is 0.658. The van der Waals surface area contributed by atoms with Gasteiger partial charge in [-0.1, -0.05) is 6.07 Å². The van der Waals surface area contributed by atoms with Crippen LogP contribution in [-0.2, 0) is 0 Å². The summed E-state index contributed by atoms with van der Waals surface area (Å²) in [6.07, 6.45) is -1.30. The minimum absolute atomic E-state index is 0.0497. The van der Waals surface area contributed by atoms with Gasteiger partial charge in [0.1, 0.15) is 17.2 Å². The van der Waals surface area contributed by atoms with Crippen molar-refractivity contribution in [2.75, 3.05) is 5.32 Å². The molecule has 2 aromatic carbocycles. The van der Waals surface area contributed by atoms with Crippen LogP contribution in [0, 0.1) is 18.6 Å². The Balaban J connectivity index is 1.57. The molecule has 148 valence electrons. The summed E-state index contributed by atoms with van der Waals surface area (Å²) in [7, 11) is 0. The molecule has 0 saturated carbocycles. The van der Waals surface area contributed by atoms with Crippen LogP contribution in [0.15, 0.2) is 42.7 Å². The van der Waals surface area contributed by atoms with Crippen molar-refractivity contribution in [3.8, 4) is 22.8 Å². The van der Waals surface area contributed by atoms with Crippen LogP contribution in [-0.4, -0.2) is 22.2 Å². The van der Waals surface area contributed by atoms with Crippen LogP contribution in [0.2, 0.25) is 0 Å². The van der Waals surface area contributed by atoms with Crippen LogP contribution in [0.1, 0.15) is 15.9 Å². The normalized spacial score (nSPS) is 14.0. The van der Waals surface area contributed by atoms with Crippen LogP contribution < -0.4 is 14.8 Å². The second kappa shape index (κ2) is 6.73. The minimum Gasteiger partial charge on any atom is -0.395 e. The van der Waals surface area contributed by atoms with Crippen LogP contribution in [0.5, 0.6) is 11.5 Å². The van der Waals surface area contributed by atoms with E-state index in [9.17, 15) is 22.4 Å². The maximum absolute atomic E-state index is 13.7. The molecule has 10 heteroatoms. The van der Waals surface area contributed by atoms with Gasteiger partial charge in [-0.3, -0.25) is 9.78 Å². The second-order valence-corrected chi connectivity index (χ2v) is 6.12. The maximum atomic E-state index is 13.7. The molecule has 3 aromatic rings. The topological polar surface area (TPSA) is 73.3 Å². The van der Waals surface area contributed by atoms with Crippen molar-refractivity contribution in [2.45, 2.75) is 13.2 Å². The van der Waals surface area contributed by atoms with Gasteiger partial charge in [0.15, 0.2) is 17.3 Å². The number of hydrogen-bond acceptors (Lipinski definition) is 5. The Hall–Kier alpha value is -3.69. The van der Waals surface area contributed by atoms with Crippen molar-refractivity contribution in [3.05, 3.63) is 65.5 Å². The first kappa shape index (κ1) is 18.7. The average molecular weight is 405 g/mol. The molecule has 0 bridgehead atoms. The number of rotatable bonds is 3. The number of aromatic nitrogens is 2. The van der Waals surface area contributed by atoms with Crippen molar-refractivity contribution in [2.24, 2.45) is 0 Å². The Labute approximate surface area is 161 Å². The highest BCUT2D eigenvalue weighted by Crippen LogP contribution is 2.44. The molecular weight excluding hydrogens is 394 g/mol.